The molecule has 160 valence electrons. The van der Waals surface area contributed by atoms with Gasteiger partial charge in [0.1, 0.15) is 23.7 Å². The molecule has 0 heterocycles. The smallest absolute Gasteiger partial charge is 0.330 e. The minimum Gasteiger partial charge on any atom is -0.459 e. The molecule has 0 unspecified atom stereocenters. The lowest BCUT2D eigenvalue weighted by molar-refractivity contribution is -0.145. The Morgan fingerprint density at radius 1 is 1.07 bits per heavy atom. The summed E-state index contributed by atoms with van der Waals surface area (Å²) in [5.74, 6) is -0.0832. The molecule has 1 aromatic rings. The van der Waals surface area contributed by atoms with Crippen LogP contribution in [0.2, 0.25) is 0 Å². The third-order valence-corrected chi connectivity index (χ3v) is 6.36. The number of ether oxygens (including phenoxy) is 2. The van der Waals surface area contributed by atoms with Gasteiger partial charge in [0.2, 0.25) is 0 Å². The number of nitrogens with zero attached hydrogens (tertiary/aromatic N) is 1. The van der Waals surface area contributed by atoms with Crippen molar-refractivity contribution in [1.29, 1.82) is 5.26 Å². The van der Waals surface area contributed by atoms with Crippen molar-refractivity contribution < 1.29 is 23.5 Å². The van der Waals surface area contributed by atoms with E-state index in [9.17, 15) is 14.0 Å². The summed E-state index contributed by atoms with van der Waals surface area (Å²) in [7, 11) is 0. The van der Waals surface area contributed by atoms with Gasteiger partial charge in [-0.15, -0.1) is 0 Å². The third-order valence-electron chi connectivity index (χ3n) is 6.36. The second-order valence-electron chi connectivity index (χ2n) is 8.26. The van der Waals surface area contributed by atoms with Gasteiger partial charge in [0.15, 0.2) is 0 Å². The van der Waals surface area contributed by atoms with Gasteiger partial charge in [-0.05, 0) is 82.3 Å². The molecule has 6 heteroatoms. The van der Waals surface area contributed by atoms with Crippen LogP contribution in [-0.2, 0) is 14.3 Å². The summed E-state index contributed by atoms with van der Waals surface area (Å²) in [6, 6.07) is 5.61. The summed E-state index contributed by atoms with van der Waals surface area (Å²) in [5, 5.41) is 8.78. The van der Waals surface area contributed by atoms with Gasteiger partial charge in [0, 0.05) is 12.1 Å². The highest BCUT2D eigenvalue weighted by Gasteiger charge is 2.34. The number of carbonyl (C=O) groups is 2. The average Bonchev–Trinajstić information content (AvgIpc) is 2.75. The van der Waals surface area contributed by atoms with E-state index in [0.29, 0.717) is 11.8 Å². The molecule has 30 heavy (non-hydrogen) atoms. The highest BCUT2D eigenvalue weighted by atomic mass is 19.1. The molecule has 0 radical (unpaired) electrons. The number of nitriles is 1. The quantitative estimate of drug-likeness (QED) is 0.382. The molecule has 0 N–H and O–H groups in total. The van der Waals surface area contributed by atoms with Crippen LogP contribution in [0, 0.1) is 34.9 Å². The number of hydrogen-bond donors (Lipinski definition) is 0. The number of halogens is 1. The highest BCUT2D eigenvalue weighted by molar-refractivity contribution is 5.81. The maximum absolute atomic E-state index is 13.7. The topological polar surface area (TPSA) is 76.4 Å². The Morgan fingerprint density at radius 2 is 1.70 bits per heavy atom. The van der Waals surface area contributed by atoms with Gasteiger partial charge in [-0.25, -0.2) is 9.18 Å². The molecule has 2 fully saturated rings. The number of benzene rings is 1. The third kappa shape index (κ3) is 5.69. The first-order chi connectivity index (χ1) is 14.5. The number of esters is 2. The molecule has 0 atom stereocenters. The van der Waals surface area contributed by atoms with Gasteiger partial charge in [-0.2, -0.15) is 5.26 Å². The molecule has 0 amide bonds. The largest absolute Gasteiger partial charge is 0.459 e. The van der Waals surface area contributed by atoms with Crippen molar-refractivity contribution >= 4 is 11.9 Å². The van der Waals surface area contributed by atoms with Crippen LogP contribution in [0.5, 0.6) is 5.75 Å². The lowest BCUT2D eigenvalue weighted by Gasteiger charge is -2.37. The summed E-state index contributed by atoms with van der Waals surface area (Å²) in [6.07, 6.45) is 10.6. The Bertz CT molecular complexity index is 828. The van der Waals surface area contributed by atoms with Crippen molar-refractivity contribution in [2.45, 2.75) is 64.4 Å². The van der Waals surface area contributed by atoms with Crippen LogP contribution in [0.25, 0.3) is 0 Å². The molecule has 2 aliphatic rings. The maximum atomic E-state index is 13.7. The summed E-state index contributed by atoms with van der Waals surface area (Å²) in [6.45, 7) is 1.80. The number of carbonyl (C=O) groups excluding carboxylic acids is 2. The minimum absolute atomic E-state index is 0.0177. The Morgan fingerprint density at radius 3 is 2.27 bits per heavy atom. The van der Waals surface area contributed by atoms with E-state index in [2.05, 4.69) is 0 Å². The van der Waals surface area contributed by atoms with E-state index in [-0.39, 0.29) is 35.3 Å². The first-order valence-corrected chi connectivity index (χ1v) is 10.7. The first-order valence-electron chi connectivity index (χ1n) is 10.7. The fraction of sp³-hybridized carbons (Fsp3) is 0.542. The van der Waals surface area contributed by atoms with Crippen molar-refractivity contribution in [3.05, 3.63) is 41.7 Å². The van der Waals surface area contributed by atoms with Crippen molar-refractivity contribution in [3.8, 4) is 11.8 Å². The molecule has 0 spiro atoms. The minimum atomic E-state index is -0.682. The Hall–Kier alpha value is -2.68. The summed E-state index contributed by atoms with van der Waals surface area (Å²) in [4.78, 5) is 24.0. The van der Waals surface area contributed by atoms with Gasteiger partial charge in [0.05, 0.1) is 11.5 Å². The monoisotopic (exact) mass is 413 g/mol. The highest BCUT2D eigenvalue weighted by Crippen LogP contribution is 2.41. The summed E-state index contributed by atoms with van der Waals surface area (Å²) in [5.41, 5.74) is -0.0679. The van der Waals surface area contributed by atoms with Crippen molar-refractivity contribution in [3.63, 3.8) is 0 Å². The molecule has 0 aliphatic heterocycles. The van der Waals surface area contributed by atoms with Crippen LogP contribution >= 0.6 is 0 Å². The Balaban J connectivity index is 1.43. The SMILES string of the molecule is CC=CC(=O)O[C@H]1CC[C@H]([C@H]2CC[C@H](C(=O)Oc3ccc(C#N)c(F)c3)CC2)CC1. The van der Waals surface area contributed by atoms with Crippen molar-refractivity contribution in [1.82, 2.24) is 0 Å². The fourth-order valence-corrected chi connectivity index (χ4v) is 4.69. The second kappa shape index (κ2) is 10.4. The van der Waals surface area contributed by atoms with E-state index in [1.54, 1.807) is 19.1 Å². The normalized spacial score (nSPS) is 26.7. The molecule has 2 aliphatic carbocycles. The van der Waals surface area contributed by atoms with Gasteiger partial charge in [-0.3, -0.25) is 4.79 Å². The molecule has 0 saturated heterocycles. The molecule has 5 nitrogen and oxygen atoms in total. The Labute approximate surface area is 176 Å². The lowest BCUT2D eigenvalue weighted by atomic mass is 9.70. The van der Waals surface area contributed by atoms with Gasteiger partial charge >= 0.3 is 11.9 Å². The van der Waals surface area contributed by atoms with E-state index < -0.39 is 5.82 Å². The zero-order valence-corrected chi connectivity index (χ0v) is 17.3. The van der Waals surface area contributed by atoms with E-state index in [1.165, 1.54) is 18.2 Å². The van der Waals surface area contributed by atoms with E-state index in [1.807, 2.05) is 0 Å². The van der Waals surface area contributed by atoms with Crippen LogP contribution in [0.3, 0.4) is 0 Å². The molecule has 0 aromatic heterocycles. The average molecular weight is 413 g/mol. The summed E-state index contributed by atoms with van der Waals surface area (Å²) < 4.78 is 24.5. The van der Waals surface area contributed by atoms with E-state index in [0.717, 1.165) is 57.4 Å². The van der Waals surface area contributed by atoms with E-state index >= 15 is 0 Å². The van der Waals surface area contributed by atoms with Gasteiger partial charge in [-0.1, -0.05) is 6.08 Å². The van der Waals surface area contributed by atoms with Crippen LogP contribution in [-0.4, -0.2) is 18.0 Å². The van der Waals surface area contributed by atoms with Crippen LogP contribution in [0.1, 0.15) is 63.9 Å². The lowest BCUT2D eigenvalue weighted by Crippen LogP contribution is -2.31. The zero-order valence-electron chi connectivity index (χ0n) is 17.3. The molecule has 3 rings (SSSR count). The Kier molecular flexibility index (Phi) is 7.62. The maximum Gasteiger partial charge on any atom is 0.330 e. The van der Waals surface area contributed by atoms with Crippen molar-refractivity contribution in [2.24, 2.45) is 17.8 Å². The first kappa shape index (κ1) is 22.0. The molecular formula is C24H28FNO4. The van der Waals surface area contributed by atoms with Gasteiger partial charge in [0.25, 0.3) is 0 Å². The van der Waals surface area contributed by atoms with Crippen LogP contribution in [0.15, 0.2) is 30.4 Å². The van der Waals surface area contributed by atoms with Crippen LogP contribution in [0.4, 0.5) is 4.39 Å². The molecule has 2 saturated carbocycles. The zero-order chi connectivity index (χ0) is 21.5. The second-order valence-corrected chi connectivity index (χ2v) is 8.26. The molecular weight excluding hydrogens is 385 g/mol. The number of rotatable bonds is 5. The van der Waals surface area contributed by atoms with Crippen LogP contribution < -0.4 is 4.74 Å². The fourth-order valence-electron chi connectivity index (χ4n) is 4.69. The number of hydrogen-bond acceptors (Lipinski definition) is 5. The molecule has 1 aromatic carbocycles. The summed E-state index contributed by atoms with van der Waals surface area (Å²) >= 11 is 0. The number of allylic oxidation sites excluding steroid dienone is 1. The predicted octanol–water partition coefficient (Wildman–Crippen LogP) is 5.09. The van der Waals surface area contributed by atoms with E-state index in [4.69, 9.17) is 14.7 Å². The van der Waals surface area contributed by atoms with Crippen molar-refractivity contribution in [2.75, 3.05) is 0 Å². The molecule has 0 bridgehead atoms. The standard InChI is InChI=1S/C24H28FNO4/c1-2-3-23(27)29-20-11-8-17(9-12-20)16-4-6-18(7-5-16)24(28)30-21-13-10-19(15-26)22(25)14-21/h2-3,10,13-14,16-18,20H,4-9,11-12H2,1H3/t16-,17-,18-,20-. The predicted molar refractivity (Wildman–Crippen MR) is 109 cm³/mol. The van der Waals surface area contributed by atoms with Gasteiger partial charge < -0.3 is 9.47 Å².